The van der Waals surface area contributed by atoms with E-state index in [0.717, 1.165) is 16.5 Å². The number of fused-ring (bicyclic) bond motifs is 1. The Kier molecular flexibility index (Phi) is 4.21. The van der Waals surface area contributed by atoms with Crippen molar-refractivity contribution in [1.82, 2.24) is 9.55 Å². The summed E-state index contributed by atoms with van der Waals surface area (Å²) in [6.07, 6.45) is 7.39. The maximum absolute atomic E-state index is 12.6. The Labute approximate surface area is 139 Å². The Morgan fingerprint density at radius 2 is 2.17 bits per heavy atom. The molecule has 0 bridgehead atoms. The second kappa shape index (κ2) is 6.47. The number of benzene rings is 1. The first-order chi connectivity index (χ1) is 11.7. The Balaban J connectivity index is 2.34. The highest BCUT2D eigenvalue weighted by molar-refractivity contribution is 5.96. The zero-order valence-corrected chi connectivity index (χ0v) is 13.5. The van der Waals surface area contributed by atoms with Crippen molar-refractivity contribution in [1.29, 1.82) is 5.26 Å². The molecule has 120 valence electrons. The number of aromatic nitrogens is 2. The van der Waals surface area contributed by atoms with Crippen LogP contribution in [0.3, 0.4) is 0 Å². The molecule has 0 unspecified atom stereocenters. The quantitative estimate of drug-likeness (QED) is 0.749. The summed E-state index contributed by atoms with van der Waals surface area (Å²) >= 11 is 0. The van der Waals surface area contributed by atoms with Gasteiger partial charge >= 0.3 is 0 Å². The number of H-pyrrole nitrogens is 1. The number of rotatable bonds is 4. The van der Waals surface area contributed by atoms with E-state index in [1.807, 2.05) is 31.3 Å². The lowest BCUT2D eigenvalue weighted by Crippen LogP contribution is -2.19. The van der Waals surface area contributed by atoms with Crippen molar-refractivity contribution >= 4 is 10.9 Å². The van der Waals surface area contributed by atoms with Gasteiger partial charge in [-0.2, -0.15) is 5.26 Å². The van der Waals surface area contributed by atoms with Crippen LogP contribution in [0.2, 0.25) is 0 Å². The molecule has 24 heavy (non-hydrogen) atoms. The van der Waals surface area contributed by atoms with Crippen molar-refractivity contribution in [3.8, 4) is 22.9 Å². The van der Waals surface area contributed by atoms with Gasteiger partial charge in [-0.1, -0.05) is 12.2 Å². The zero-order chi connectivity index (χ0) is 17.1. The first-order valence-corrected chi connectivity index (χ1v) is 7.59. The summed E-state index contributed by atoms with van der Waals surface area (Å²) in [4.78, 5) is 15.6. The molecule has 3 rings (SSSR count). The molecule has 0 spiro atoms. The van der Waals surface area contributed by atoms with Crippen molar-refractivity contribution in [2.24, 2.45) is 0 Å². The van der Waals surface area contributed by atoms with Crippen LogP contribution >= 0.6 is 0 Å². The number of hydrogen-bond acceptors (Lipinski definition) is 3. The zero-order valence-electron chi connectivity index (χ0n) is 13.5. The standard InChI is InChI=1S/C19H17N3O2/c1-3-4-9-22-12-16(14-7-8-21-18(14)19(22)23)15-10-13(11-20)5-6-17(15)24-2/h3-8,10,12,21H,9H2,1-2H3. The average molecular weight is 319 g/mol. The molecule has 0 amide bonds. The van der Waals surface area contributed by atoms with Crippen LogP contribution in [-0.4, -0.2) is 16.7 Å². The van der Waals surface area contributed by atoms with Gasteiger partial charge in [0.15, 0.2) is 0 Å². The molecule has 2 aromatic heterocycles. The fourth-order valence-corrected chi connectivity index (χ4v) is 2.76. The van der Waals surface area contributed by atoms with Crippen LogP contribution in [0.4, 0.5) is 0 Å². The topological polar surface area (TPSA) is 70.8 Å². The van der Waals surface area contributed by atoms with Gasteiger partial charge in [-0.25, -0.2) is 0 Å². The Bertz CT molecular complexity index is 1020. The molecule has 0 aliphatic rings. The fraction of sp³-hybridized carbons (Fsp3) is 0.158. The van der Waals surface area contributed by atoms with Gasteiger partial charge < -0.3 is 14.3 Å². The average Bonchev–Trinajstić information content (AvgIpc) is 3.11. The summed E-state index contributed by atoms with van der Waals surface area (Å²) in [5, 5.41) is 10.0. The van der Waals surface area contributed by atoms with E-state index in [2.05, 4.69) is 11.1 Å². The van der Waals surface area contributed by atoms with Crippen LogP contribution < -0.4 is 10.3 Å². The number of nitrogens with one attached hydrogen (secondary N) is 1. The van der Waals surface area contributed by atoms with Crippen molar-refractivity contribution in [2.75, 3.05) is 7.11 Å². The maximum Gasteiger partial charge on any atom is 0.275 e. The van der Waals surface area contributed by atoms with Gasteiger partial charge in [0.05, 0.1) is 18.7 Å². The Morgan fingerprint density at radius 3 is 2.88 bits per heavy atom. The van der Waals surface area contributed by atoms with Gasteiger partial charge in [0.1, 0.15) is 11.3 Å². The van der Waals surface area contributed by atoms with Crippen LogP contribution in [0.25, 0.3) is 22.0 Å². The molecule has 5 nitrogen and oxygen atoms in total. The van der Waals surface area contributed by atoms with Crippen LogP contribution in [0.1, 0.15) is 12.5 Å². The van der Waals surface area contributed by atoms with Crippen LogP contribution in [-0.2, 0) is 6.54 Å². The lowest BCUT2D eigenvalue weighted by atomic mass is 10.0. The van der Waals surface area contributed by atoms with Gasteiger partial charge in [-0.3, -0.25) is 4.79 Å². The molecule has 0 aliphatic carbocycles. The minimum absolute atomic E-state index is 0.0766. The SMILES string of the molecule is CC=CCn1cc(-c2cc(C#N)ccc2OC)c2cc[nH]c2c1=O. The van der Waals surface area contributed by atoms with Crippen LogP contribution in [0.5, 0.6) is 5.75 Å². The van der Waals surface area contributed by atoms with E-state index in [0.29, 0.717) is 23.4 Å². The fourth-order valence-electron chi connectivity index (χ4n) is 2.76. The number of nitrogens with zero attached hydrogens (tertiary/aromatic N) is 2. The lowest BCUT2D eigenvalue weighted by molar-refractivity contribution is 0.416. The molecule has 2 heterocycles. The maximum atomic E-state index is 12.6. The first-order valence-electron chi connectivity index (χ1n) is 7.59. The molecule has 0 fully saturated rings. The molecule has 5 heteroatoms. The van der Waals surface area contributed by atoms with E-state index < -0.39 is 0 Å². The third-order valence-electron chi connectivity index (χ3n) is 3.95. The monoisotopic (exact) mass is 319 g/mol. The van der Waals surface area contributed by atoms with Crippen molar-refractivity contribution < 1.29 is 4.74 Å². The largest absolute Gasteiger partial charge is 0.496 e. The number of hydrogen-bond donors (Lipinski definition) is 1. The predicted octanol–water partition coefficient (Wildman–Crippen LogP) is 3.45. The van der Waals surface area contributed by atoms with E-state index in [9.17, 15) is 10.1 Å². The number of methoxy groups -OCH3 is 1. The molecule has 0 saturated heterocycles. The normalized spacial score (nSPS) is 11.0. The minimum atomic E-state index is -0.0766. The van der Waals surface area contributed by atoms with E-state index in [4.69, 9.17) is 4.74 Å². The number of ether oxygens (including phenoxy) is 1. The molecule has 0 saturated carbocycles. The third-order valence-corrected chi connectivity index (χ3v) is 3.95. The molecule has 0 atom stereocenters. The van der Waals surface area contributed by atoms with E-state index in [-0.39, 0.29) is 5.56 Å². The molecular weight excluding hydrogens is 302 g/mol. The highest BCUT2D eigenvalue weighted by Gasteiger charge is 2.15. The third kappa shape index (κ3) is 2.59. The van der Waals surface area contributed by atoms with Gasteiger partial charge in [0.2, 0.25) is 0 Å². The van der Waals surface area contributed by atoms with Crippen molar-refractivity contribution in [3.63, 3.8) is 0 Å². The number of aromatic amines is 1. The lowest BCUT2D eigenvalue weighted by Gasteiger charge is -2.13. The summed E-state index contributed by atoms with van der Waals surface area (Å²) < 4.78 is 7.10. The van der Waals surface area contributed by atoms with E-state index in [1.54, 1.807) is 36.1 Å². The first kappa shape index (κ1) is 15.6. The van der Waals surface area contributed by atoms with Crippen molar-refractivity contribution in [3.05, 3.63) is 64.7 Å². The molecule has 1 aromatic carbocycles. The smallest absolute Gasteiger partial charge is 0.275 e. The van der Waals surface area contributed by atoms with Gasteiger partial charge in [-0.05, 0) is 31.2 Å². The summed E-state index contributed by atoms with van der Waals surface area (Å²) in [7, 11) is 1.59. The summed E-state index contributed by atoms with van der Waals surface area (Å²) in [5.74, 6) is 0.660. The van der Waals surface area contributed by atoms with Gasteiger partial charge in [0, 0.05) is 35.5 Å². The van der Waals surface area contributed by atoms with E-state index in [1.165, 1.54) is 0 Å². The highest BCUT2D eigenvalue weighted by atomic mass is 16.5. The minimum Gasteiger partial charge on any atom is -0.496 e. The summed E-state index contributed by atoms with van der Waals surface area (Å²) in [5.41, 5.74) is 2.65. The molecule has 1 N–H and O–H groups in total. The molecule has 3 aromatic rings. The summed E-state index contributed by atoms with van der Waals surface area (Å²) in [6.45, 7) is 2.40. The van der Waals surface area contributed by atoms with Crippen molar-refractivity contribution in [2.45, 2.75) is 13.5 Å². The number of allylic oxidation sites excluding steroid dienone is 2. The van der Waals surface area contributed by atoms with Crippen LogP contribution in [0, 0.1) is 11.3 Å². The molecule has 0 radical (unpaired) electrons. The second-order valence-corrected chi connectivity index (χ2v) is 5.36. The highest BCUT2D eigenvalue weighted by Crippen LogP contribution is 2.34. The van der Waals surface area contributed by atoms with Gasteiger partial charge in [0.25, 0.3) is 5.56 Å². The second-order valence-electron chi connectivity index (χ2n) is 5.36. The van der Waals surface area contributed by atoms with E-state index >= 15 is 0 Å². The molecule has 0 aliphatic heterocycles. The Hall–Kier alpha value is -3.26. The Morgan fingerprint density at radius 1 is 1.33 bits per heavy atom. The van der Waals surface area contributed by atoms with Gasteiger partial charge in [-0.15, -0.1) is 0 Å². The van der Waals surface area contributed by atoms with Crippen LogP contribution in [0.15, 0.2) is 53.6 Å². The predicted molar refractivity (Wildman–Crippen MR) is 94.1 cm³/mol. The summed E-state index contributed by atoms with van der Waals surface area (Å²) in [6, 6.07) is 9.28. The number of pyridine rings is 1. The number of nitriles is 1. The molecular formula is C19H17N3O2.